The Balaban J connectivity index is 1.91. The van der Waals surface area contributed by atoms with Crippen molar-refractivity contribution in [1.82, 2.24) is 14.5 Å². The lowest BCUT2D eigenvalue weighted by molar-refractivity contribution is -0.0518. The van der Waals surface area contributed by atoms with E-state index in [1.165, 1.54) is 0 Å². The van der Waals surface area contributed by atoms with Gasteiger partial charge < -0.3 is 20.1 Å². The van der Waals surface area contributed by atoms with Gasteiger partial charge in [0.25, 0.3) is 0 Å². The van der Waals surface area contributed by atoms with Crippen LogP contribution in [0.2, 0.25) is 10.0 Å². The number of benzene rings is 1. The predicted octanol–water partition coefficient (Wildman–Crippen LogP) is 2.27. The Morgan fingerprint density at radius 3 is 2.52 bits per heavy atom. The fourth-order valence-electron chi connectivity index (χ4n) is 2.98. The molecule has 0 amide bonds. The van der Waals surface area contributed by atoms with Gasteiger partial charge in [-0.2, -0.15) is 0 Å². The van der Waals surface area contributed by atoms with Gasteiger partial charge in [-0.1, -0.05) is 23.2 Å². The Hall–Kier alpha value is -1.00. The van der Waals surface area contributed by atoms with E-state index in [1.807, 2.05) is 0 Å². The molecule has 0 bridgehead atoms. The van der Waals surface area contributed by atoms with Crippen molar-refractivity contribution in [2.45, 2.75) is 24.5 Å². The van der Waals surface area contributed by atoms with Crippen molar-refractivity contribution in [3.05, 3.63) is 33.0 Å². The van der Waals surface area contributed by atoms with Gasteiger partial charge >= 0.3 is 0 Å². The van der Waals surface area contributed by atoms with Crippen LogP contribution in [-0.2, 0) is 4.74 Å². The summed E-state index contributed by atoms with van der Waals surface area (Å²) >= 11 is 15.4. The number of aliphatic hydroxyl groups excluding tert-OH is 3. The fraction of sp³-hybridized carbons (Fsp3) is 0.333. The number of ether oxygens (including phenoxy) is 1. The first-order valence-electron chi connectivity index (χ1n) is 7.36. The van der Waals surface area contributed by atoms with Crippen molar-refractivity contribution >= 4 is 61.2 Å². The van der Waals surface area contributed by atoms with E-state index < -0.39 is 31.1 Å². The number of hydrogen-bond acceptors (Lipinski definition) is 6. The minimum absolute atomic E-state index is 0.373. The summed E-state index contributed by atoms with van der Waals surface area (Å²) in [5.74, 6) is 0. The molecule has 1 saturated heterocycles. The monoisotopic (exact) mass is 447 g/mol. The van der Waals surface area contributed by atoms with Crippen molar-refractivity contribution in [3.63, 3.8) is 0 Å². The third-order valence-corrected chi connectivity index (χ3v) is 5.53. The SMILES string of the molecule is OC[C@H]1O[C@@H](n2c(Br)nc3nc4cc(Cl)c(Cl)cc4cc32)[C@H](O)[C@@H]1O. The van der Waals surface area contributed by atoms with Gasteiger partial charge in [-0.15, -0.1) is 0 Å². The first-order chi connectivity index (χ1) is 11.9. The first kappa shape index (κ1) is 17.4. The molecule has 4 atom stereocenters. The van der Waals surface area contributed by atoms with Crippen molar-refractivity contribution < 1.29 is 20.1 Å². The van der Waals surface area contributed by atoms with Gasteiger partial charge in [0.2, 0.25) is 0 Å². The van der Waals surface area contributed by atoms with Crippen LogP contribution in [0.4, 0.5) is 0 Å². The first-order valence-corrected chi connectivity index (χ1v) is 8.91. The lowest BCUT2D eigenvalue weighted by Gasteiger charge is -2.18. The summed E-state index contributed by atoms with van der Waals surface area (Å²) in [4.78, 5) is 8.79. The molecule has 0 spiro atoms. The van der Waals surface area contributed by atoms with Crippen LogP contribution in [0, 0.1) is 0 Å². The molecule has 3 N–H and O–H groups in total. The molecule has 1 aromatic carbocycles. The molecule has 1 aliphatic rings. The summed E-state index contributed by atoms with van der Waals surface area (Å²) in [7, 11) is 0. The van der Waals surface area contributed by atoms with Crippen LogP contribution < -0.4 is 0 Å². The van der Waals surface area contributed by atoms with Crippen molar-refractivity contribution in [2.24, 2.45) is 0 Å². The van der Waals surface area contributed by atoms with Crippen LogP contribution in [0.1, 0.15) is 6.23 Å². The van der Waals surface area contributed by atoms with E-state index in [-0.39, 0.29) is 0 Å². The molecule has 25 heavy (non-hydrogen) atoms. The van der Waals surface area contributed by atoms with Crippen LogP contribution in [0.3, 0.4) is 0 Å². The second-order valence-electron chi connectivity index (χ2n) is 5.77. The summed E-state index contributed by atoms with van der Waals surface area (Å²) in [5, 5.41) is 31.1. The highest BCUT2D eigenvalue weighted by atomic mass is 79.9. The molecular weight excluding hydrogens is 437 g/mol. The topological polar surface area (TPSA) is 101 Å². The highest BCUT2D eigenvalue weighted by Crippen LogP contribution is 2.36. The average molecular weight is 449 g/mol. The largest absolute Gasteiger partial charge is 0.394 e. The van der Waals surface area contributed by atoms with Crippen molar-refractivity contribution in [2.75, 3.05) is 6.61 Å². The molecule has 0 saturated carbocycles. The zero-order valence-corrected chi connectivity index (χ0v) is 15.6. The maximum atomic E-state index is 10.3. The van der Waals surface area contributed by atoms with E-state index in [4.69, 9.17) is 27.9 Å². The number of imidazole rings is 1. The summed E-state index contributed by atoms with van der Waals surface area (Å²) in [5.41, 5.74) is 1.61. The highest BCUT2D eigenvalue weighted by molar-refractivity contribution is 9.10. The molecule has 4 rings (SSSR count). The quantitative estimate of drug-likeness (QED) is 0.556. The Labute approximate surface area is 159 Å². The van der Waals surface area contributed by atoms with Gasteiger partial charge in [-0.3, -0.25) is 4.57 Å². The number of rotatable bonds is 2. The lowest BCUT2D eigenvalue weighted by atomic mass is 10.1. The van der Waals surface area contributed by atoms with Gasteiger partial charge in [0.15, 0.2) is 16.6 Å². The van der Waals surface area contributed by atoms with E-state index >= 15 is 0 Å². The second kappa shape index (κ2) is 6.31. The number of halogens is 3. The third kappa shape index (κ3) is 2.73. The molecule has 1 aliphatic heterocycles. The molecule has 0 unspecified atom stereocenters. The molecule has 2 aromatic heterocycles. The van der Waals surface area contributed by atoms with Crippen LogP contribution in [0.5, 0.6) is 0 Å². The molecule has 1 fully saturated rings. The van der Waals surface area contributed by atoms with E-state index in [9.17, 15) is 15.3 Å². The fourth-order valence-corrected chi connectivity index (χ4v) is 3.87. The minimum atomic E-state index is -1.23. The smallest absolute Gasteiger partial charge is 0.182 e. The van der Waals surface area contributed by atoms with Crippen molar-refractivity contribution in [3.8, 4) is 0 Å². The van der Waals surface area contributed by atoms with Crippen LogP contribution in [-0.4, -0.2) is 54.8 Å². The van der Waals surface area contributed by atoms with Crippen LogP contribution in [0.25, 0.3) is 22.1 Å². The molecule has 10 heteroatoms. The zero-order valence-electron chi connectivity index (χ0n) is 12.5. The van der Waals surface area contributed by atoms with E-state index in [0.29, 0.717) is 31.5 Å². The van der Waals surface area contributed by atoms with Crippen LogP contribution in [0.15, 0.2) is 22.9 Å². The summed E-state index contributed by atoms with van der Waals surface area (Å²) in [6.45, 7) is -0.408. The Bertz CT molecular complexity index is 982. The molecule has 7 nitrogen and oxygen atoms in total. The van der Waals surface area contributed by atoms with Gasteiger partial charge in [-0.05, 0) is 34.1 Å². The van der Waals surface area contributed by atoms with Gasteiger partial charge in [0.05, 0.1) is 27.7 Å². The standard InChI is InChI=1S/C15H12BrCl2N3O4/c16-15-20-13-9(2-5-1-6(17)7(18)3-8(5)19-13)21(15)14-12(24)11(23)10(4-22)25-14/h1-3,10-12,14,22-24H,4H2/t10-,11-,12-,14-/m1/s1. The summed E-state index contributed by atoms with van der Waals surface area (Å²) in [6.07, 6.45) is -4.24. The number of nitrogens with zero attached hydrogens (tertiary/aromatic N) is 3. The van der Waals surface area contributed by atoms with Gasteiger partial charge in [0.1, 0.15) is 18.3 Å². The predicted molar refractivity (Wildman–Crippen MR) is 95.8 cm³/mol. The molecule has 3 heterocycles. The van der Waals surface area contributed by atoms with E-state index in [1.54, 1.807) is 22.8 Å². The Morgan fingerprint density at radius 2 is 1.84 bits per heavy atom. The average Bonchev–Trinajstić information content (AvgIpc) is 3.03. The van der Waals surface area contributed by atoms with E-state index in [0.717, 1.165) is 5.39 Å². The highest BCUT2D eigenvalue weighted by Gasteiger charge is 2.44. The maximum Gasteiger partial charge on any atom is 0.182 e. The summed E-state index contributed by atoms with van der Waals surface area (Å²) < 4.78 is 7.54. The number of pyridine rings is 1. The molecule has 0 radical (unpaired) electrons. The maximum absolute atomic E-state index is 10.3. The number of fused-ring (bicyclic) bond motifs is 2. The van der Waals surface area contributed by atoms with Gasteiger partial charge in [0, 0.05) is 5.39 Å². The molecule has 0 aliphatic carbocycles. The number of hydrogen-bond donors (Lipinski definition) is 3. The van der Waals surface area contributed by atoms with Crippen LogP contribution >= 0.6 is 39.1 Å². The molecule has 132 valence electrons. The number of aliphatic hydroxyl groups is 3. The van der Waals surface area contributed by atoms with E-state index in [2.05, 4.69) is 25.9 Å². The lowest BCUT2D eigenvalue weighted by Crippen LogP contribution is -2.33. The van der Waals surface area contributed by atoms with Gasteiger partial charge in [-0.25, -0.2) is 9.97 Å². The van der Waals surface area contributed by atoms with Crippen molar-refractivity contribution in [1.29, 1.82) is 0 Å². The Kier molecular flexibility index (Phi) is 4.40. The Morgan fingerprint density at radius 1 is 1.12 bits per heavy atom. The minimum Gasteiger partial charge on any atom is -0.394 e. The molecular formula is C15H12BrCl2N3O4. The molecule has 3 aromatic rings. The normalized spacial score (nSPS) is 26.8. The third-order valence-electron chi connectivity index (χ3n) is 4.25. The zero-order chi connectivity index (χ0) is 17.9. The summed E-state index contributed by atoms with van der Waals surface area (Å²) in [6, 6.07) is 5.14. The number of aromatic nitrogens is 3. The second-order valence-corrected chi connectivity index (χ2v) is 7.29.